The van der Waals surface area contributed by atoms with Crippen molar-refractivity contribution >= 4 is 6.03 Å². The highest BCUT2D eigenvalue weighted by molar-refractivity contribution is 5.74. The molecular weight excluding hydrogens is 202 g/mol. The van der Waals surface area contributed by atoms with Crippen LogP contribution < -0.4 is 10.6 Å². The van der Waals surface area contributed by atoms with Crippen LogP contribution in [0.4, 0.5) is 4.79 Å². The highest BCUT2D eigenvalue weighted by Crippen LogP contribution is 2.19. The van der Waals surface area contributed by atoms with Crippen molar-refractivity contribution in [3.63, 3.8) is 0 Å². The minimum absolute atomic E-state index is 0.146. The SMILES string of the molecule is CCNC1CCCN(C(=O)NC2CCC2)C1. The molecule has 4 nitrogen and oxygen atoms in total. The van der Waals surface area contributed by atoms with Gasteiger partial charge in [-0.25, -0.2) is 4.79 Å². The lowest BCUT2D eigenvalue weighted by Gasteiger charge is -2.35. The number of hydrogen-bond acceptors (Lipinski definition) is 2. The number of nitrogens with zero attached hydrogens (tertiary/aromatic N) is 1. The summed E-state index contributed by atoms with van der Waals surface area (Å²) in [5.41, 5.74) is 0. The maximum atomic E-state index is 11.9. The van der Waals surface area contributed by atoms with Gasteiger partial charge in [0.05, 0.1) is 0 Å². The molecule has 2 rings (SSSR count). The van der Waals surface area contributed by atoms with E-state index >= 15 is 0 Å². The molecule has 2 N–H and O–H groups in total. The Morgan fingerprint density at radius 2 is 2.00 bits per heavy atom. The van der Waals surface area contributed by atoms with Crippen LogP contribution in [-0.2, 0) is 0 Å². The van der Waals surface area contributed by atoms with Gasteiger partial charge in [0.15, 0.2) is 0 Å². The Morgan fingerprint density at radius 1 is 1.25 bits per heavy atom. The second-order valence-corrected chi connectivity index (χ2v) is 4.92. The van der Waals surface area contributed by atoms with Gasteiger partial charge in [-0.15, -0.1) is 0 Å². The zero-order valence-corrected chi connectivity index (χ0v) is 10.2. The number of carbonyl (C=O) groups excluding carboxylic acids is 1. The summed E-state index contributed by atoms with van der Waals surface area (Å²) >= 11 is 0. The summed E-state index contributed by atoms with van der Waals surface area (Å²) in [6, 6.07) is 1.09. The number of carbonyl (C=O) groups is 1. The van der Waals surface area contributed by atoms with Crippen LogP contribution in [0.25, 0.3) is 0 Å². The van der Waals surface area contributed by atoms with E-state index < -0.39 is 0 Å². The van der Waals surface area contributed by atoms with E-state index in [0.29, 0.717) is 12.1 Å². The Kier molecular flexibility index (Phi) is 4.04. The monoisotopic (exact) mass is 225 g/mol. The van der Waals surface area contributed by atoms with Gasteiger partial charge in [0.25, 0.3) is 0 Å². The topological polar surface area (TPSA) is 44.4 Å². The van der Waals surface area contributed by atoms with Gasteiger partial charge in [0.1, 0.15) is 0 Å². The molecule has 0 aromatic rings. The van der Waals surface area contributed by atoms with E-state index in [0.717, 1.165) is 38.9 Å². The standard InChI is InChI=1S/C12H23N3O/c1-2-13-11-7-4-8-15(9-11)12(16)14-10-5-3-6-10/h10-11,13H,2-9H2,1H3,(H,14,16). The first-order chi connectivity index (χ1) is 7.79. The van der Waals surface area contributed by atoms with Gasteiger partial charge in [0.2, 0.25) is 0 Å². The molecule has 1 heterocycles. The number of urea groups is 1. The van der Waals surface area contributed by atoms with Crippen molar-refractivity contribution in [2.45, 2.75) is 51.1 Å². The van der Waals surface area contributed by atoms with Crippen molar-refractivity contribution in [1.29, 1.82) is 0 Å². The van der Waals surface area contributed by atoms with Crippen LogP contribution in [-0.4, -0.2) is 42.6 Å². The fourth-order valence-corrected chi connectivity index (χ4v) is 2.44. The molecule has 1 unspecified atom stereocenters. The second kappa shape index (κ2) is 5.53. The molecule has 2 fully saturated rings. The third-order valence-corrected chi connectivity index (χ3v) is 3.63. The van der Waals surface area contributed by atoms with Gasteiger partial charge >= 0.3 is 6.03 Å². The number of nitrogens with one attached hydrogen (secondary N) is 2. The quantitative estimate of drug-likeness (QED) is 0.761. The Bertz CT molecular complexity index is 238. The molecule has 0 aromatic heterocycles. The van der Waals surface area contributed by atoms with Crippen LogP contribution in [0, 0.1) is 0 Å². The minimum atomic E-state index is 0.146. The van der Waals surface area contributed by atoms with E-state index in [1.807, 2.05) is 4.90 Å². The van der Waals surface area contributed by atoms with Crippen molar-refractivity contribution in [3.05, 3.63) is 0 Å². The fraction of sp³-hybridized carbons (Fsp3) is 0.917. The Morgan fingerprint density at radius 3 is 2.62 bits per heavy atom. The first-order valence-corrected chi connectivity index (χ1v) is 6.58. The van der Waals surface area contributed by atoms with Gasteiger partial charge < -0.3 is 15.5 Å². The lowest BCUT2D eigenvalue weighted by Crippen LogP contribution is -2.53. The predicted molar refractivity (Wildman–Crippen MR) is 64.4 cm³/mol. The summed E-state index contributed by atoms with van der Waals surface area (Å²) < 4.78 is 0. The summed E-state index contributed by atoms with van der Waals surface area (Å²) in [4.78, 5) is 13.9. The number of likely N-dealkylation sites (N-methyl/N-ethyl adjacent to an activating group) is 1. The first kappa shape index (κ1) is 11.7. The van der Waals surface area contributed by atoms with E-state index in [9.17, 15) is 4.79 Å². The number of amides is 2. The first-order valence-electron chi connectivity index (χ1n) is 6.58. The largest absolute Gasteiger partial charge is 0.335 e. The van der Waals surface area contributed by atoms with Crippen molar-refractivity contribution in [2.24, 2.45) is 0 Å². The summed E-state index contributed by atoms with van der Waals surface area (Å²) in [5, 5.41) is 6.54. The molecule has 1 aliphatic heterocycles. The molecule has 2 aliphatic rings. The Hall–Kier alpha value is -0.770. The zero-order chi connectivity index (χ0) is 11.4. The zero-order valence-electron chi connectivity index (χ0n) is 10.2. The Balaban J connectivity index is 1.76. The van der Waals surface area contributed by atoms with Crippen LogP contribution in [0.2, 0.25) is 0 Å². The van der Waals surface area contributed by atoms with Crippen molar-refractivity contribution in [1.82, 2.24) is 15.5 Å². The maximum Gasteiger partial charge on any atom is 0.317 e. The van der Waals surface area contributed by atoms with Gasteiger partial charge in [-0.05, 0) is 38.6 Å². The lowest BCUT2D eigenvalue weighted by atomic mass is 9.93. The molecule has 0 bridgehead atoms. The molecule has 0 spiro atoms. The smallest absolute Gasteiger partial charge is 0.317 e. The molecule has 2 amide bonds. The number of piperidine rings is 1. The third-order valence-electron chi connectivity index (χ3n) is 3.63. The van der Waals surface area contributed by atoms with Crippen LogP contribution >= 0.6 is 0 Å². The average molecular weight is 225 g/mol. The van der Waals surface area contributed by atoms with Crippen molar-refractivity contribution in [3.8, 4) is 0 Å². The van der Waals surface area contributed by atoms with E-state index in [1.54, 1.807) is 0 Å². The third kappa shape index (κ3) is 2.88. The molecule has 4 heteroatoms. The van der Waals surface area contributed by atoms with E-state index in [1.165, 1.54) is 12.8 Å². The van der Waals surface area contributed by atoms with Gasteiger partial charge in [-0.3, -0.25) is 0 Å². The van der Waals surface area contributed by atoms with E-state index in [4.69, 9.17) is 0 Å². The molecular formula is C12H23N3O. The number of likely N-dealkylation sites (tertiary alicyclic amines) is 1. The summed E-state index contributed by atoms with van der Waals surface area (Å²) in [5.74, 6) is 0. The molecule has 16 heavy (non-hydrogen) atoms. The van der Waals surface area contributed by atoms with Gasteiger partial charge in [0, 0.05) is 25.2 Å². The van der Waals surface area contributed by atoms with Crippen LogP contribution in [0.15, 0.2) is 0 Å². The second-order valence-electron chi connectivity index (χ2n) is 4.92. The van der Waals surface area contributed by atoms with Crippen molar-refractivity contribution < 1.29 is 4.79 Å². The van der Waals surface area contributed by atoms with Gasteiger partial charge in [-0.1, -0.05) is 6.92 Å². The molecule has 0 radical (unpaired) electrons. The number of rotatable bonds is 3. The summed E-state index contributed by atoms with van der Waals surface area (Å²) in [6.07, 6.45) is 5.91. The van der Waals surface area contributed by atoms with Crippen LogP contribution in [0.5, 0.6) is 0 Å². The van der Waals surface area contributed by atoms with Crippen LogP contribution in [0.3, 0.4) is 0 Å². The Labute approximate surface area is 97.8 Å². The summed E-state index contributed by atoms with van der Waals surface area (Å²) in [7, 11) is 0. The molecule has 1 saturated heterocycles. The van der Waals surface area contributed by atoms with E-state index in [-0.39, 0.29) is 6.03 Å². The fourth-order valence-electron chi connectivity index (χ4n) is 2.44. The molecule has 1 aliphatic carbocycles. The molecule has 92 valence electrons. The number of hydrogen-bond donors (Lipinski definition) is 2. The minimum Gasteiger partial charge on any atom is -0.335 e. The van der Waals surface area contributed by atoms with E-state index in [2.05, 4.69) is 17.6 Å². The summed E-state index contributed by atoms with van der Waals surface area (Å²) in [6.45, 7) is 4.89. The average Bonchev–Trinajstić information content (AvgIpc) is 2.24. The highest BCUT2D eigenvalue weighted by Gasteiger charge is 2.26. The molecule has 1 atom stereocenters. The lowest BCUT2D eigenvalue weighted by molar-refractivity contribution is 0.164. The van der Waals surface area contributed by atoms with Gasteiger partial charge in [-0.2, -0.15) is 0 Å². The van der Waals surface area contributed by atoms with Crippen LogP contribution in [0.1, 0.15) is 39.0 Å². The maximum absolute atomic E-state index is 11.9. The predicted octanol–water partition coefficient (Wildman–Crippen LogP) is 1.32. The highest BCUT2D eigenvalue weighted by atomic mass is 16.2. The molecule has 1 saturated carbocycles. The normalized spacial score (nSPS) is 26.3. The molecule has 0 aromatic carbocycles. The van der Waals surface area contributed by atoms with Crippen molar-refractivity contribution in [2.75, 3.05) is 19.6 Å².